The van der Waals surface area contributed by atoms with Gasteiger partial charge in [0.05, 0.1) is 17.2 Å². The van der Waals surface area contributed by atoms with Gasteiger partial charge in [0.1, 0.15) is 5.69 Å². The van der Waals surface area contributed by atoms with Gasteiger partial charge in [0.2, 0.25) is 0 Å². The molecule has 0 spiro atoms. The second-order valence-electron chi connectivity index (χ2n) is 4.32. The highest BCUT2D eigenvalue weighted by Crippen LogP contribution is 2.20. The van der Waals surface area contributed by atoms with E-state index < -0.39 is 11.0 Å². The molecular weight excluding hydrogens is 238 g/mol. The number of carbonyl (C=O) groups is 1. The summed E-state index contributed by atoms with van der Waals surface area (Å²) in [7, 11) is 0. The normalized spacial score (nSPS) is 19.2. The number of likely N-dealkylation sites (tertiary alicyclic amines) is 1. The van der Waals surface area contributed by atoms with Gasteiger partial charge >= 0.3 is 0 Å². The van der Waals surface area contributed by atoms with Crippen LogP contribution in [0.3, 0.4) is 0 Å². The summed E-state index contributed by atoms with van der Waals surface area (Å²) in [6.07, 6.45) is 1.43. The van der Waals surface area contributed by atoms with Crippen LogP contribution < -0.4 is 0 Å². The first-order valence-electron chi connectivity index (χ1n) is 5.84. The van der Waals surface area contributed by atoms with E-state index in [2.05, 4.69) is 0 Å². The van der Waals surface area contributed by atoms with E-state index >= 15 is 0 Å². The zero-order valence-corrected chi connectivity index (χ0v) is 10.1. The Bertz CT molecular complexity index is 483. The van der Waals surface area contributed by atoms with Gasteiger partial charge in [0, 0.05) is 25.7 Å². The van der Waals surface area contributed by atoms with Crippen molar-refractivity contribution in [3.63, 3.8) is 0 Å². The monoisotopic (exact) mass is 253 g/mol. The number of nitro groups is 1. The van der Waals surface area contributed by atoms with Crippen molar-refractivity contribution in [3.05, 3.63) is 28.1 Å². The SMILES string of the molecule is CCn1cc([N+](=O)[O-])cc1C(=O)N1CC[C@@H](O)C1. The quantitative estimate of drug-likeness (QED) is 0.631. The molecule has 1 saturated heterocycles. The molecule has 2 heterocycles. The summed E-state index contributed by atoms with van der Waals surface area (Å²) in [5.74, 6) is -0.262. The molecule has 1 amide bonds. The molecule has 1 aliphatic heterocycles. The van der Waals surface area contributed by atoms with Gasteiger partial charge in [-0.1, -0.05) is 0 Å². The van der Waals surface area contributed by atoms with Crippen LogP contribution in [0.5, 0.6) is 0 Å². The van der Waals surface area contributed by atoms with E-state index in [1.54, 1.807) is 4.57 Å². The van der Waals surface area contributed by atoms with E-state index in [4.69, 9.17) is 0 Å². The molecule has 1 atom stereocenters. The van der Waals surface area contributed by atoms with E-state index in [0.717, 1.165) is 0 Å². The van der Waals surface area contributed by atoms with Crippen LogP contribution >= 0.6 is 0 Å². The van der Waals surface area contributed by atoms with Crippen molar-refractivity contribution in [3.8, 4) is 0 Å². The predicted molar refractivity (Wildman–Crippen MR) is 63.3 cm³/mol. The molecule has 0 aromatic carbocycles. The first kappa shape index (κ1) is 12.6. The number of aryl methyl sites for hydroxylation is 1. The molecule has 0 unspecified atom stereocenters. The maximum absolute atomic E-state index is 12.2. The molecule has 18 heavy (non-hydrogen) atoms. The fourth-order valence-corrected chi connectivity index (χ4v) is 2.12. The Morgan fingerprint density at radius 2 is 2.39 bits per heavy atom. The van der Waals surface area contributed by atoms with Crippen LogP contribution in [0.4, 0.5) is 5.69 Å². The summed E-state index contributed by atoms with van der Waals surface area (Å²) < 4.78 is 1.56. The smallest absolute Gasteiger partial charge is 0.287 e. The minimum absolute atomic E-state index is 0.0834. The lowest BCUT2D eigenvalue weighted by atomic mass is 10.3. The van der Waals surface area contributed by atoms with Crippen LogP contribution in [0, 0.1) is 10.1 Å². The van der Waals surface area contributed by atoms with Crippen molar-refractivity contribution in [2.75, 3.05) is 13.1 Å². The van der Waals surface area contributed by atoms with Gasteiger partial charge in [0.25, 0.3) is 11.6 Å². The lowest BCUT2D eigenvalue weighted by Crippen LogP contribution is -2.31. The first-order valence-corrected chi connectivity index (χ1v) is 5.84. The average molecular weight is 253 g/mol. The molecule has 2 rings (SSSR count). The third-order valence-corrected chi connectivity index (χ3v) is 3.10. The molecule has 0 saturated carbocycles. The van der Waals surface area contributed by atoms with E-state index in [1.165, 1.54) is 17.2 Å². The van der Waals surface area contributed by atoms with Crippen LogP contribution in [-0.2, 0) is 6.54 Å². The number of carbonyl (C=O) groups excluding carboxylic acids is 1. The van der Waals surface area contributed by atoms with Crippen molar-refractivity contribution < 1.29 is 14.8 Å². The molecule has 1 N–H and O–H groups in total. The van der Waals surface area contributed by atoms with Crippen LogP contribution in [0.15, 0.2) is 12.3 Å². The number of hydrogen-bond acceptors (Lipinski definition) is 4. The number of hydrogen-bond donors (Lipinski definition) is 1. The van der Waals surface area contributed by atoms with Gasteiger partial charge in [-0.3, -0.25) is 14.9 Å². The highest BCUT2D eigenvalue weighted by atomic mass is 16.6. The van der Waals surface area contributed by atoms with E-state index in [0.29, 0.717) is 31.7 Å². The van der Waals surface area contributed by atoms with Gasteiger partial charge in [0.15, 0.2) is 0 Å². The Balaban J connectivity index is 2.26. The van der Waals surface area contributed by atoms with Gasteiger partial charge in [-0.2, -0.15) is 0 Å². The van der Waals surface area contributed by atoms with Crippen LogP contribution in [-0.4, -0.2) is 44.6 Å². The zero-order valence-electron chi connectivity index (χ0n) is 10.1. The molecule has 0 aliphatic carbocycles. The number of amides is 1. The summed E-state index contributed by atoms with van der Waals surface area (Å²) in [6, 6.07) is 1.29. The standard InChI is InChI=1S/C11H15N3O4/c1-2-12-6-8(14(17)18)5-10(12)11(16)13-4-3-9(15)7-13/h5-6,9,15H,2-4,7H2,1H3/t9-/m1/s1. The molecule has 98 valence electrons. The summed E-state index contributed by atoms with van der Waals surface area (Å²) in [4.78, 5) is 23.9. The number of aliphatic hydroxyl groups is 1. The second kappa shape index (κ2) is 4.77. The Hall–Kier alpha value is -1.89. The first-order chi connectivity index (χ1) is 8.52. The van der Waals surface area contributed by atoms with Crippen LogP contribution in [0.25, 0.3) is 0 Å². The number of β-amino-alcohol motifs (C(OH)–C–C–N with tert-alkyl or cyclic N) is 1. The lowest BCUT2D eigenvalue weighted by Gasteiger charge is -2.16. The van der Waals surface area contributed by atoms with Crippen LogP contribution in [0.1, 0.15) is 23.8 Å². The highest BCUT2D eigenvalue weighted by molar-refractivity contribution is 5.93. The fraction of sp³-hybridized carbons (Fsp3) is 0.545. The Kier molecular flexibility index (Phi) is 3.33. The summed E-state index contributed by atoms with van der Waals surface area (Å²) in [5.41, 5.74) is 0.221. The predicted octanol–water partition coefficient (Wildman–Crippen LogP) is 0.623. The van der Waals surface area contributed by atoms with Gasteiger partial charge in [-0.05, 0) is 13.3 Å². The largest absolute Gasteiger partial charge is 0.391 e. The molecule has 1 aromatic rings. The molecular formula is C11H15N3O4. The molecule has 0 bridgehead atoms. The fourth-order valence-electron chi connectivity index (χ4n) is 2.12. The maximum Gasteiger partial charge on any atom is 0.287 e. The van der Waals surface area contributed by atoms with Crippen molar-refractivity contribution in [1.82, 2.24) is 9.47 Å². The number of rotatable bonds is 3. The van der Waals surface area contributed by atoms with Crippen molar-refractivity contribution in [2.45, 2.75) is 26.0 Å². The Morgan fingerprint density at radius 1 is 1.67 bits per heavy atom. The summed E-state index contributed by atoms with van der Waals surface area (Å²) in [6.45, 7) is 3.09. The van der Waals surface area contributed by atoms with Gasteiger partial charge in [-0.25, -0.2) is 0 Å². The minimum Gasteiger partial charge on any atom is -0.391 e. The third-order valence-electron chi connectivity index (χ3n) is 3.10. The van der Waals surface area contributed by atoms with Crippen LogP contribution in [0.2, 0.25) is 0 Å². The zero-order chi connectivity index (χ0) is 13.3. The Labute approximate surface area is 104 Å². The second-order valence-corrected chi connectivity index (χ2v) is 4.32. The average Bonchev–Trinajstić information content (AvgIpc) is 2.93. The molecule has 1 aliphatic rings. The van der Waals surface area contributed by atoms with Crippen molar-refractivity contribution >= 4 is 11.6 Å². The van der Waals surface area contributed by atoms with E-state index in [1.807, 2.05) is 6.92 Å². The maximum atomic E-state index is 12.2. The Morgan fingerprint density at radius 3 is 2.89 bits per heavy atom. The van der Waals surface area contributed by atoms with Gasteiger partial charge in [-0.15, -0.1) is 0 Å². The molecule has 1 fully saturated rings. The summed E-state index contributed by atoms with van der Waals surface area (Å²) >= 11 is 0. The van der Waals surface area contributed by atoms with Crippen molar-refractivity contribution in [2.24, 2.45) is 0 Å². The number of aromatic nitrogens is 1. The number of nitrogens with zero attached hydrogens (tertiary/aromatic N) is 3. The number of aliphatic hydroxyl groups excluding tert-OH is 1. The minimum atomic E-state index is -0.512. The molecule has 7 nitrogen and oxygen atoms in total. The molecule has 7 heteroatoms. The van der Waals surface area contributed by atoms with Crippen molar-refractivity contribution in [1.29, 1.82) is 0 Å². The molecule has 0 radical (unpaired) electrons. The summed E-state index contributed by atoms with van der Waals surface area (Å²) in [5, 5.41) is 20.1. The van der Waals surface area contributed by atoms with Gasteiger partial charge < -0.3 is 14.6 Å². The highest BCUT2D eigenvalue weighted by Gasteiger charge is 2.28. The topological polar surface area (TPSA) is 88.6 Å². The van der Waals surface area contributed by atoms with E-state index in [-0.39, 0.29) is 11.6 Å². The lowest BCUT2D eigenvalue weighted by molar-refractivity contribution is -0.384. The molecule has 1 aromatic heterocycles. The third kappa shape index (κ3) is 2.21. The van der Waals surface area contributed by atoms with E-state index in [9.17, 15) is 20.0 Å².